The van der Waals surface area contributed by atoms with Crippen molar-refractivity contribution in [2.45, 2.75) is 38.3 Å². The molecule has 0 aliphatic carbocycles. The second-order valence-corrected chi connectivity index (χ2v) is 5.38. The third kappa shape index (κ3) is 6.41. The van der Waals surface area contributed by atoms with Crippen LogP contribution in [0.15, 0.2) is 18.2 Å². The van der Waals surface area contributed by atoms with Crippen molar-refractivity contribution in [3.8, 4) is 0 Å². The van der Waals surface area contributed by atoms with Crippen molar-refractivity contribution in [1.29, 1.82) is 0 Å². The zero-order valence-electron chi connectivity index (χ0n) is 13.5. The SMILES string of the molecule is COC(=O)[C@@H](N)CCC(=O)[C@H](C)NC(=O)Cc1cc(F)cc(F)c1. The summed E-state index contributed by atoms with van der Waals surface area (Å²) in [6.45, 7) is 1.48. The molecule has 6 nitrogen and oxygen atoms in total. The third-order valence-electron chi connectivity index (χ3n) is 3.35. The number of nitrogens with two attached hydrogens (primary N) is 1. The summed E-state index contributed by atoms with van der Waals surface area (Å²) >= 11 is 0. The molecule has 0 heterocycles. The molecule has 1 aromatic rings. The third-order valence-corrected chi connectivity index (χ3v) is 3.35. The summed E-state index contributed by atoms with van der Waals surface area (Å²) < 4.78 is 30.6. The summed E-state index contributed by atoms with van der Waals surface area (Å²) in [6, 6.07) is 1.09. The van der Waals surface area contributed by atoms with E-state index < -0.39 is 35.6 Å². The summed E-state index contributed by atoms with van der Waals surface area (Å²) in [5.74, 6) is -3.03. The molecule has 0 aliphatic heterocycles. The van der Waals surface area contributed by atoms with Gasteiger partial charge in [-0.1, -0.05) is 0 Å². The van der Waals surface area contributed by atoms with E-state index in [0.29, 0.717) is 6.07 Å². The Labute approximate surface area is 138 Å². The molecule has 24 heavy (non-hydrogen) atoms. The van der Waals surface area contributed by atoms with Crippen molar-refractivity contribution >= 4 is 17.7 Å². The Hall–Kier alpha value is -2.35. The lowest BCUT2D eigenvalue weighted by Gasteiger charge is -2.14. The van der Waals surface area contributed by atoms with Gasteiger partial charge in [-0.25, -0.2) is 8.78 Å². The number of carbonyl (C=O) groups excluding carboxylic acids is 3. The highest BCUT2D eigenvalue weighted by Crippen LogP contribution is 2.09. The number of ether oxygens (including phenoxy) is 1. The van der Waals surface area contributed by atoms with Crippen LogP contribution in [0.1, 0.15) is 25.3 Å². The summed E-state index contributed by atoms with van der Waals surface area (Å²) in [7, 11) is 1.20. The van der Waals surface area contributed by atoms with Gasteiger partial charge in [-0.2, -0.15) is 0 Å². The summed E-state index contributed by atoms with van der Waals surface area (Å²) in [6.07, 6.45) is -0.166. The molecule has 132 valence electrons. The fraction of sp³-hybridized carbons (Fsp3) is 0.438. The molecule has 1 aromatic carbocycles. The van der Waals surface area contributed by atoms with Crippen LogP contribution in [-0.2, 0) is 25.5 Å². The van der Waals surface area contributed by atoms with E-state index >= 15 is 0 Å². The number of benzene rings is 1. The quantitative estimate of drug-likeness (QED) is 0.683. The van der Waals surface area contributed by atoms with Gasteiger partial charge in [-0.15, -0.1) is 0 Å². The van der Waals surface area contributed by atoms with Crippen molar-refractivity contribution in [3.63, 3.8) is 0 Å². The van der Waals surface area contributed by atoms with Crippen LogP contribution in [0.2, 0.25) is 0 Å². The summed E-state index contributed by atoms with van der Waals surface area (Å²) in [5, 5.41) is 2.44. The molecule has 3 N–H and O–H groups in total. The van der Waals surface area contributed by atoms with E-state index in [-0.39, 0.29) is 30.6 Å². The molecule has 1 amide bonds. The van der Waals surface area contributed by atoms with Gasteiger partial charge in [0.2, 0.25) is 5.91 Å². The zero-order valence-corrected chi connectivity index (χ0v) is 13.5. The van der Waals surface area contributed by atoms with E-state index in [1.807, 2.05) is 0 Å². The van der Waals surface area contributed by atoms with Crippen molar-refractivity contribution in [1.82, 2.24) is 5.32 Å². The summed E-state index contributed by atoms with van der Waals surface area (Å²) in [5.41, 5.74) is 5.69. The maximum absolute atomic E-state index is 13.1. The Balaban J connectivity index is 2.48. The number of Topliss-reactive ketones (excluding diaryl/α,β-unsaturated/α-hetero) is 1. The highest BCUT2D eigenvalue weighted by atomic mass is 19.1. The van der Waals surface area contributed by atoms with Crippen molar-refractivity contribution < 1.29 is 27.9 Å². The number of hydrogen-bond acceptors (Lipinski definition) is 5. The van der Waals surface area contributed by atoms with Crippen LogP contribution in [0, 0.1) is 11.6 Å². The first-order valence-corrected chi connectivity index (χ1v) is 7.33. The monoisotopic (exact) mass is 342 g/mol. The lowest BCUT2D eigenvalue weighted by Crippen LogP contribution is -2.40. The first kappa shape index (κ1) is 19.7. The number of amides is 1. The van der Waals surface area contributed by atoms with Crippen molar-refractivity contribution in [2.24, 2.45) is 5.73 Å². The molecule has 2 atom stereocenters. The number of halogens is 2. The molecule has 0 fully saturated rings. The Kier molecular flexibility index (Phi) is 7.44. The predicted octanol–water partition coefficient (Wildman–Crippen LogP) is 0.862. The maximum atomic E-state index is 13.1. The normalized spacial score (nSPS) is 13.0. The lowest BCUT2D eigenvalue weighted by molar-refractivity contribution is -0.142. The van der Waals surface area contributed by atoms with Crippen molar-refractivity contribution in [2.75, 3.05) is 7.11 Å². The van der Waals surface area contributed by atoms with Gasteiger partial charge >= 0.3 is 5.97 Å². The van der Waals surface area contributed by atoms with Crippen LogP contribution in [-0.4, -0.2) is 36.9 Å². The minimum Gasteiger partial charge on any atom is -0.468 e. The Morgan fingerprint density at radius 3 is 2.33 bits per heavy atom. The summed E-state index contributed by atoms with van der Waals surface area (Å²) in [4.78, 5) is 34.9. The lowest BCUT2D eigenvalue weighted by atomic mass is 10.0. The fourth-order valence-electron chi connectivity index (χ4n) is 2.05. The molecule has 0 spiro atoms. The van der Waals surface area contributed by atoms with Crippen LogP contribution in [0.4, 0.5) is 8.78 Å². The Morgan fingerprint density at radius 1 is 1.21 bits per heavy atom. The number of carbonyl (C=O) groups is 3. The van der Waals surface area contributed by atoms with E-state index in [9.17, 15) is 23.2 Å². The molecule has 0 radical (unpaired) electrons. The van der Waals surface area contributed by atoms with E-state index in [0.717, 1.165) is 12.1 Å². The van der Waals surface area contributed by atoms with Gasteiger partial charge in [0.05, 0.1) is 19.6 Å². The molecular weight excluding hydrogens is 322 g/mol. The molecule has 0 saturated heterocycles. The highest BCUT2D eigenvalue weighted by molar-refractivity contribution is 5.89. The van der Waals surface area contributed by atoms with Crippen LogP contribution in [0.5, 0.6) is 0 Å². The minimum absolute atomic E-state index is 0.00763. The number of methoxy groups -OCH3 is 1. The predicted molar refractivity (Wildman–Crippen MR) is 81.9 cm³/mol. The topological polar surface area (TPSA) is 98.5 Å². The van der Waals surface area contributed by atoms with Gasteiger partial charge in [0.1, 0.15) is 17.7 Å². The van der Waals surface area contributed by atoms with Gasteiger partial charge in [0.25, 0.3) is 0 Å². The number of hydrogen-bond donors (Lipinski definition) is 2. The molecular formula is C16H20F2N2O4. The van der Waals surface area contributed by atoms with Gasteiger partial charge in [0.15, 0.2) is 5.78 Å². The standard InChI is InChI=1S/C16H20F2N2O4/c1-9(14(21)4-3-13(19)16(23)24-2)20-15(22)7-10-5-11(17)8-12(18)6-10/h5-6,8-9,13H,3-4,7,19H2,1-2H3,(H,20,22)/t9-,13-/m0/s1. The van der Waals surface area contributed by atoms with Gasteiger partial charge in [0, 0.05) is 12.5 Å². The van der Waals surface area contributed by atoms with Crippen molar-refractivity contribution in [3.05, 3.63) is 35.4 Å². The van der Waals surface area contributed by atoms with E-state index in [1.165, 1.54) is 14.0 Å². The average molecular weight is 342 g/mol. The molecule has 0 aliphatic rings. The minimum atomic E-state index is -0.905. The molecule has 0 aromatic heterocycles. The fourth-order valence-corrected chi connectivity index (χ4v) is 2.05. The van der Waals surface area contributed by atoms with Gasteiger partial charge < -0.3 is 15.8 Å². The molecule has 0 bridgehead atoms. The number of esters is 1. The molecule has 0 unspecified atom stereocenters. The second kappa shape index (κ2) is 9.07. The van der Waals surface area contributed by atoms with E-state index in [2.05, 4.69) is 10.1 Å². The average Bonchev–Trinajstić information content (AvgIpc) is 2.49. The zero-order chi connectivity index (χ0) is 18.3. The second-order valence-electron chi connectivity index (χ2n) is 5.38. The van der Waals surface area contributed by atoms with Crippen LogP contribution < -0.4 is 11.1 Å². The number of rotatable bonds is 8. The van der Waals surface area contributed by atoms with Gasteiger partial charge in [-0.3, -0.25) is 14.4 Å². The van der Waals surface area contributed by atoms with Crippen LogP contribution in [0.25, 0.3) is 0 Å². The van der Waals surface area contributed by atoms with Crippen LogP contribution in [0.3, 0.4) is 0 Å². The molecule has 1 rings (SSSR count). The van der Waals surface area contributed by atoms with Gasteiger partial charge in [-0.05, 0) is 31.0 Å². The van der Waals surface area contributed by atoms with E-state index in [4.69, 9.17) is 5.73 Å². The smallest absolute Gasteiger partial charge is 0.322 e. The largest absolute Gasteiger partial charge is 0.468 e. The first-order valence-electron chi connectivity index (χ1n) is 7.33. The first-order chi connectivity index (χ1) is 11.2. The van der Waals surface area contributed by atoms with E-state index in [1.54, 1.807) is 0 Å². The molecule has 8 heteroatoms. The maximum Gasteiger partial charge on any atom is 0.322 e. The number of ketones is 1. The number of nitrogens with one attached hydrogen (secondary N) is 1. The Bertz CT molecular complexity index is 602. The highest BCUT2D eigenvalue weighted by Gasteiger charge is 2.20. The Morgan fingerprint density at radius 2 is 1.79 bits per heavy atom. The van der Waals surface area contributed by atoms with Crippen LogP contribution >= 0.6 is 0 Å². The molecule has 0 saturated carbocycles.